The minimum Gasteiger partial charge on any atom is -0.389 e. The fraction of sp³-hybridized carbons (Fsp3) is 0.810. The lowest BCUT2D eigenvalue weighted by Crippen LogP contribution is -2.65. The van der Waals surface area contributed by atoms with Gasteiger partial charge in [-0.15, -0.1) is 0 Å². The first-order valence-corrected chi connectivity index (χ1v) is 11.4. The van der Waals surface area contributed by atoms with E-state index in [0.29, 0.717) is 36.5 Å². The summed E-state index contributed by atoms with van der Waals surface area (Å²) in [7, 11) is 0. The van der Waals surface area contributed by atoms with Gasteiger partial charge in [-0.25, -0.2) is 0 Å². The Morgan fingerprint density at radius 2 is 1.85 bits per heavy atom. The van der Waals surface area contributed by atoms with E-state index >= 15 is 0 Å². The molecular formula is C21H29IO4. The number of hydrogen-bond acceptors (Lipinski definition) is 4. The van der Waals surface area contributed by atoms with Gasteiger partial charge in [-0.3, -0.25) is 9.59 Å². The normalized spacial score (nSPS) is 50.5. The SMILES string of the molecule is C[C@]12CCC(=O)C=C1CC[C@H]1[C@@H]3CC[C@](O)(C(=O)CI)[C@@]3(C)CC[C@@]12O. The number of rotatable bonds is 2. The fourth-order valence-electron chi connectivity index (χ4n) is 7.09. The third kappa shape index (κ3) is 2.14. The first kappa shape index (κ1) is 19.1. The Morgan fingerprint density at radius 1 is 1.12 bits per heavy atom. The molecule has 0 amide bonds. The van der Waals surface area contributed by atoms with E-state index in [9.17, 15) is 19.8 Å². The number of carbonyl (C=O) groups excluding carboxylic acids is 2. The number of Topliss-reactive ketones (excluding diaryl/α,β-unsaturated/α-hetero) is 1. The molecule has 4 nitrogen and oxygen atoms in total. The third-order valence-electron chi connectivity index (χ3n) is 8.88. The van der Waals surface area contributed by atoms with E-state index in [1.54, 1.807) is 6.08 Å². The van der Waals surface area contributed by atoms with Crippen molar-refractivity contribution in [1.82, 2.24) is 0 Å². The highest BCUT2D eigenvalue weighted by Crippen LogP contribution is 2.69. The van der Waals surface area contributed by atoms with Crippen LogP contribution in [0.25, 0.3) is 0 Å². The van der Waals surface area contributed by atoms with Crippen LogP contribution in [0.4, 0.5) is 0 Å². The molecular weight excluding hydrogens is 443 g/mol. The molecule has 0 heterocycles. The number of carbonyl (C=O) groups is 2. The largest absolute Gasteiger partial charge is 0.389 e. The Bertz CT molecular complexity index is 702. The molecule has 5 heteroatoms. The molecule has 4 aliphatic carbocycles. The van der Waals surface area contributed by atoms with Crippen LogP contribution < -0.4 is 0 Å². The lowest BCUT2D eigenvalue weighted by molar-refractivity contribution is -0.209. The fourth-order valence-corrected chi connectivity index (χ4v) is 7.72. The van der Waals surface area contributed by atoms with E-state index < -0.39 is 16.6 Å². The molecule has 0 saturated heterocycles. The van der Waals surface area contributed by atoms with Gasteiger partial charge in [0.2, 0.25) is 0 Å². The molecule has 0 aromatic heterocycles. The van der Waals surface area contributed by atoms with E-state index in [-0.39, 0.29) is 28.8 Å². The average molecular weight is 472 g/mol. The number of ketones is 2. The van der Waals surface area contributed by atoms with Gasteiger partial charge in [-0.1, -0.05) is 42.0 Å². The summed E-state index contributed by atoms with van der Waals surface area (Å²) in [4.78, 5) is 24.5. The zero-order valence-electron chi connectivity index (χ0n) is 15.7. The van der Waals surface area contributed by atoms with Gasteiger partial charge in [0.15, 0.2) is 11.6 Å². The molecule has 0 spiro atoms. The Balaban J connectivity index is 1.74. The molecule has 26 heavy (non-hydrogen) atoms. The smallest absolute Gasteiger partial charge is 0.174 e. The Kier molecular flexibility index (Phi) is 4.30. The molecule has 2 N–H and O–H groups in total. The van der Waals surface area contributed by atoms with Crippen LogP contribution >= 0.6 is 22.6 Å². The van der Waals surface area contributed by atoms with Gasteiger partial charge in [0.1, 0.15) is 5.60 Å². The van der Waals surface area contributed by atoms with Crippen molar-refractivity contribution in [3.8, 4) is 0 Å². The molecule has 0 bridgehead atoms. The minimum absolute atomic E-state index is 0.0561. The van der Waals surface area contributed by atoms with E-state index in [0.717, 1.165) is 24.8 Å². The highest BCUT2D eigenvalue weighted by Gasteiger charge is 2.70. The summed E-state index contributed by atoms with van der Waals surface area (Å²) >= 11 is 2.05. The van der Waals surface area contributed by atoms with Crippen molar-refractivity contribution in [2.24, 2.45) is 22.7 Å². The summed E-state index contributed by atoms with van der Waals surface area (Å²) in [5, 5.41) is 23.3. The quantitative estimate of drug-likeness (QED) is 0.478. The summed E-state index contributed by atoms with van der Waals surface area (Å²) < 4.78 is 0.332. The molecule has 3 fully saturated rings. The highest BCUT2D eigenvalue weighted by molar-refractivity contribution is 14.1. The summed E-state index contributed by atoms with van der Waals surface area (Å²) in [5.74, 6) is 0.379. The summed E-state index contributed by atoms with van der Waals surface area (Å²) in [6, 6.07) is 0. The van der Waals surface area contributed by atoms with Gasteiger partial charge < -0.3 is 10.2 Å². The second-order valence-corrected chi connectivity index (χ2v) is 10.3. The van der Waals surface area contributed by atoms with Crippen LogP contribution in [0.1, 0.15) is 65.2 Å². The van der Waals surface area contributed by atoms with Crippen LogP contribution in [0.5, 0.6) is 0 Å². The average Bonchev–Trinajstić information content (AvgIpc) is 2.88. The summed E-state index contributed by atoms with van der Waals surface area (Å²) in [5.41, 5.74) is -1.76. The standard InChI is InChI=1S/C21H29IO4/c1-18-7-5-14(23)11-13(18)3-4-16-15-6-8-21(26,17(24)12-22)19(15,2)9-10-20(16,18)25/h11,15-16,25-26H,3-10,12H2,1-2H3/t15-,16-,18-,19-,20+,21-/m0/s1. The maximum absolute atomic E-state index is 12.6. The van der Waals surface area contributed by atoms with E-state index in [2.05, 4.69) is 36.4 Å². The molecule has 0 unspecified atom stereocenters. The van der Waals surface area contributed by atoms with Crippen LogP contribution in [0.15, 0.2) is 11.6 Å². The molecule has 144 valence electrons. The second-order valence-electron chi connectivity index (χ2n) is 9.52. The predicted octanol–water partition coefficient (Wildman–Crippen LogP) is 3.37. The Hall–Kier alpha value is -0.270. The summed E-state index contributed by atoms with van der Waals surface area (Å²) in [6.45, 7) is 4.21. The maximum Gasteiger partial charge on any atom is 0.174 e. The summed E-state index contributed by atoms with van der Waals surface area (Å²) in [6.07, 6.45) is 7.29. The lowest BCUT2D eigenvalue weighted by Gasteiger charge is -2.63. The van der Waals surface area contributed by atoms with Crippen LogP contribution in [0, 0.1) is 22.7 Å². The predicted molar refractivity (Wildman–Crippen MR) is 107 cm³/mol. The number of hydrogen-bond donors (Lipinski definition) is 2. The van der Waals surface area contributed by atoms with Gasteiger partial charge in [0.25, 0.3) is 0 Å². The monoisotopic (exact) mass is 472 g/mol. The zero-order valence-corrected chi connectivity index (χ0v) is 17.8. The van der Waals surface area contributed by atoms with Crippen molar-refractivity contribution in [3.05, 3.63) is 11.6 Å². The van der Waals surface area contributed by atoms with Crippen LogP contribution in [0.3, 0.4) is 0 Å². The number of halogens is 1. The zero-order chi connectivity index (χ0) is 19.0. The topological polar surface area (TPSA) is 74.6 Å². The van der Waals surface area contributed by atoms with Gasteiger partial charge >= 0.3 is 0 Å². The molecule has 0 aromatic carbocycles. The van der Waals surface area contributed by atoms with E-state index in [4.69, 9.17) is 0 Å². The minimum atomic E-state index is -1.25. The number of fused-ring (bicyclic) bond motifs is 5. The molecule has 4 rings (SSSR count). The van der Waals surface area contributed by atoms with Crippen molar-refractivity contribution >= 4 is 34.2 Å². The van der Waals surface area contributed by atoms with Crippen molar-refractivity contribution in [2.45, 2.75) is 76.4 Å². The Morgan fingerprint density at radius 3 is 2.54 bits per heavy atom. The van der Waals surface area contributed by atoms with Crippen LogP contribution in [-0.4, -0.2) is 37.4 Å². The van der Waals surface area contributed by atoms with Crippen molar-refractivity contribution in [2.75, 3.05) is 4.43 Å². The first-order valence-electron chi connectivity index (χ1n) is 9.90. The molecule has 6 atom stereocenters. The second kappa shape index (κ2) is 5.86. The first-order chi connectivity index (χ1) is 12.1. The van der Waals surface area contributed by atoms with Gasteiger partial charge in [0.05, 0.1) is 10.0 Å². The lowest BCUT2D eigenvalue weighted by atomic mass is 9.44. The molecule has 3 saturated carbocycles. The van der Waals surface area contributed by atoms with E-state index in [1.165, 1.54) is 0 Å². The highest BCUT2D eigenvalue weighted by atomic mass is 127. The van der Waals surface area contributed by atoms with Crippen LogP contribution in [-0.2, 0) is 9.59 Å². The van der Waals surface area contributed by atoms with Crippen molar-refractivity contribution in [1.29, 1.82) is 0 Å². The van der Waals surface area contributed by atoms with Gasteiger partial charge in [0, 0.05) is 17.3 Å². The third-order valence-corrected chi connectivity index (χ3v) is 9.58. The van der Waals surface area contributed by atoms with Gasteiger partial charge in [-0.05, 0) is 62.9 Å². The molecule has 0 aliphatic heterocycles. The Labute approximate surface area is 168 Å². The molecule has 0 aromatic rings. The number of alkyl halides is 1. The van der Waals surface area contributed by atoms with E-state index in [1.807, 2.05) is 0 Å². The van der Waals surface area contributed by atoms with Crippen molar-refractivity contribution in [3.63, 3.8) is 0 Å². The number of aliphatic hydroxyl groups is 2. The molecule has 0 radical (unpaired) electrons. The maximum atomic E-state index is 12.6. The van der Waals surface area contributed by atoms with Crippen LogP contribution in [0.2, 0.25) is 0 Å². The van der Waals surface area contributed by atoms with Gasteiger partial charge in [-0.2, -0.15) is 0 Å². The van der Waals surface area contributed by atoms with Crippen molar-refractivity contribution < 1.29 is 19.8 Å². The molecule has 4 aliphatic rings.